The van der Waals surface area contributed by atoms with Crippen LogP contribution in [-0.4, -0.2) is 30.0 Å². The highest BCUT2D eigenvalue weighted by Gasteiger charge is 2.71. The molecule has 3 atom stereocenters. The highest BCUT2D eigenvalue weighted by Crippen LogP contribution is 2.54. The zero-order chi connectivity index (χ0) is 18.5. The number of esters is 1. The molecule has 1 saturated heterocycles. The number of ether oxygens (including phenoxy) is 3. The van der Waals surface area contributed by atoms with Crippen molar-refractivity contribution in [2.24, 2.45) is 0 Å². The van der Waals surface area contributed by atoms with Crippen molar-refractivity contribution >= 4 is 5.97 Å². The van der Waals surface area contributed by atoms with Gasteiger partial charge in [-0.2, -0.15) is 0 Å². The first-order valence-electron chi connectivity index (χ1n) is 8.17. The first-order valence-corrected chi connectivity index (χ1v) is 8.17. The van der Waals surface area contributed by atoms with Crippen LogP contribution in [-0.2, 0) is 25.8 Å². The molecule has 4 rings (SSSR count). The molecule has 0 radical (unpaired) electrons. The lowest BCUT2D eigenvalue weighted by Crippen LogP contribution is -2.39. The second-order valence-corrected chi connectivity index (χ2v) is 6.43. The van der Waals surface area contributed by atoms with Gasteiger partial charge in [0.2, 0.25) is 6.79 Å². The van der Waals surface area contributed by atoms with E-state index in [1.807, 2.05) is 25.1 Å². The summed E-state index contributed by atoms with van der Waals surface area (Å²) in [5, 5.41) is 12.4. The molecule has 0 aliphatic carbocycles. The normalized spacial score (nSPS) is 25.5. The highest BCUT2D eigenvalue weighted by molar-refractivity contribution is 5.83. The van der Waals surface area contributed by atoms with Crippen molar-refractivity contribution in [2.45, 2.75) is 25.3 Å². The van der Waals surface area contributed by atoms with Crippen molar-refractivity contribution in [3.05, 3.63) is 59.2 Å². The molecular weight excluding hydrogens is 338 g/mol. The Morgan fingerprint density at radius 3 is 2.69 bits per heavy atom. The number of carbonyl (C=O) groups excluding carboxylic acids is 1. The summed E-state index contributed by atoms with van der Waals surface area (Å²) in [4.78, 5) is 18.3. The zero-order valence-electron chi connectivity index (χ0n) is 14.7. The summed E-state index contributed by atoms with van der Waals surface area (Å²) in [7, 11) is 1.29. The van der Waals surface area contributed by atoms with Crippen LogP contribution in [0.5, 0.6) is 11.5 Å². The Hall–Kier alpha value is -2.61. The van der Waals surface area contributed by atoms with Crippen LogP contribution in [0.3, 0.4) is 0 Å². The Morgan fingerprint density at radius 2 is 1.96 bits per heavy atom. The van der Waals surface area contributed by atoms with Gasteiger partial charge in [-0.15, -0.1) is 5.06 Å². The fourth-order valence-corrected chi connectivity index (χ4v) is 3.30. The van der Waals surface area contributed by atoms with Crippen molar-refractivity contribution < 1.29 is 28.9 Å². The molecule has 2 aromatic carbocycles. The van der Waals surface area contributed by atoms with Gasteiger partial charge in [-0.25, -0.2) is 4.79 Å². The molecule has 0 amide bonds. The Morgan fingerprint density at radius 1 is 1.23 bits per heavy atom. The number of aryl methyl sites for hydroxylation is 1. The molecule has 2 aliphatic rings. The number of hydrogen-bond acceptors (Lipinski definition) is 7. The summed E-state index contributed by atoms with van der Waals surface area (Å²) in [6.07, 6.45) is 0. The number of methoxy groups -OCH3 is 1. The lowest BCUT2D eigenvalue weighted by atomic mass is 9.96. The molecule has 1 fully saturated rings. The minimum Gasteiger partial charge on any atom is -0.465 e. The van der Waals surface area contributed by atoms with Crippen molar-refractivity contribution in [1.82, 2.24) is 5.06 Å². The molecule has 136 valence electrons. The molecule has 26 heavy (non-hydrogen) atoms. The van der Waals surface area contributed by atoms with E-state index in [-0.39, 0.29) is 6.79 Å². The first-order chi connectivity index (χ1) is 12.4. The summed E-state index contributed by atoms with van der Waals surface area (Å²) in [6, 6.07) is 12.4. The maximum atomic E-state index is 12.6. The predicted octanol–water partition coefficient (Wildman–Crippen LogP) is 2.16. The molecule has 0 aromatic heterocycles. The van der Waals surface area contributed by atoms with Crippen LogP contribution in [0.1, 0.15) is 23.6 Å². The summed E-state index contributed by atoms with van der Waals surface area (Å²) in [5.74, 6) is 0.534. The van der Waals surface area contributed by atoms with Gasteiger partial charge in [-0.1, -0.05) is 30.3 Å². The molecule has 3 unspecified atom stereocenters. The van der Waals surface area contributed by atoms with E-state index in [0.717, 1.165) is 5.56 Å². The summed E-state index contributed by atoms with van der Waals surface area (Å²) >= 11 is 0. The van der Waals surface area contributed by atoms with Gasteiger partial charge in [0, 0.05) is 11.1 Å². The van der Waals surface area contributed by atoms with Crippen molar-refractivity contribution in [3.8, 4) is 11.5 Å². The smallest absolute Gasteiger partial charge is 0.363 e. The largest absolute Gasteiger partial charge is 0.465 e. The quantitative estimate of drug-likeness (QED) is 0.663. The van der Waals surface area contributed by atoms with E-state index in [1.54, 1.807) is 31.2 Å². The summed E-state index contributed by atoms with van der Waals surface area (Å²) in [5.41, 5.74) is -1.13. The Kier molecular flexibility index (Phi) is 3.69. The molecule has 7 nitrogen and oxygen atoms in total. The maximum Gasteiger partial charge on any atom is 0.363 e. The lowest BCUT2D eigenvalue weighted by molar-refractivity contribution is -0.150. The van der Waals surface area contributed by atoms with Crippen molar-refractivity contribution in [2.75, 3.05) is 13.9 Å². The van der Waals surface area contributed by atoms with E-state index >= 15 is 0 Å². The van der Waals surface area contributed by atoms with E-state index in [0.29, 0.717) is 22.6 Å². The fourth-order valence-electron chi connectivity index (χ4n) is 3.30. The van der Waals surface area contributed by atoms with Gasteiger partial charge < -0.3 is 19.3 Å². The monoisotopic (exact) mass is 357 g/mol. The molecule has 7 heteroatoms. The van der Waals surface area contributed by atoms with Gasteiger partial charge in [0.15, 0.2) is 17.2 Å². The average Bonchev–Trinajstić information content (AvgIpc) is 3.24. The van der Waals surface area contributed by atoms with Crippen molar-refractivity contribution in [3.63, 3.8) is 0 Å². The molecule has 2 heterocycles. The highest BCUT2D eigenvalue weighted by atomic mass is 16.9. The minimum absolute atomic E-state index is 0.135. The molecular formula is C19H19NO6. The van der Waals surface area contributed by atoms with Crippen LogP contribution >= 0.6 is 0 Å². The predicted molar refractivity (Wildman–Crippen MR) is 89.9 cm³/mol. The molecule has 2 aromatic rings. The van der Waals surface area contributed by atoms with Crippen LogP contribution in [0.25, 0.3) is 0 Å². The summed E-state index contributed by atoms with van der Waals surface area (Å²) < 4.78 is 15.6. The zero-order valence-corrected chi connectivity index (χ0v) is 14.7. The third-order valence-corrected chi connectivity index (χ3v) is 4.76. The number of fused-ring (bicyclic) bond motifs is 1. The molecule has 2 aliphatic heterocycles. The van der Waals surface area contributed by atoms with Crippen molar-refractivity contribution in [1.29, 1.82) is 0 Å². The second kappa shape index (κ2) is 5.70. The molecule has 0 bridgehead atoms. The second-order valence-electron chi connectivity index (χ2n) is 6.43. The van der Waals surface area contributed by atoms with Crippen LogP contribution in [0.15, 0.2) is 42.5 Å². The lowest BCUT2D eigenvalue weighted by Gasteiger charge is -2.25. The van der Waals surface area contributed by atoms with Crippen LogP contribution in [0.2, 0.25) is 0 Å². The third kappa shape index (κ3) is 2.28. The van der Waals surface area contributed by atoms with E-state index in [4.69, 9.17) is 19.0 Å². The minimum atomic E-state index is -1.60. The number of carbonyl (C=O) groups is 1. The number of aliphatic hydroxyl groups is 1. The van der Waals surface area contributed by atoms with Gasteiger partial charge >= 0.3 is 5.97 Å². The van der Waals surface area contributed by atoms with Gasteiger partial charge in [-0.3, -0.25) is 4.84 Å². The number of hydrogen-bond donors (Lipinski definition) is 1. The van der Waals surface area contributed by atoms with Gasteiger partial charge in [0.25, 0.3) is 5.72 Å². The van der Waals surface area contributed by atoms with Gasteiger partial charge in [0.05, 0.1) is 7.11 Å². The third-order valence-electron chi connectivity index (χ3n) is 4.76. The van der Waals surface area contributed by atoms with Crippen LogP contribution < -0.4 is 9.47 Å². The number of benzene rings is 2. The van der Waals surface area contributed by atoms with E-state index in [9.17, 15) is 9.90 Å². The molecule has 0 spiro atoms. The van der Waals surface area contributed by atoms with E-state index < -0.39 is 17.4 Å². The first kappa shape index (κ1) is 16.8. The van der Waals surface area contributed by atoms with Gasteiger partial charge in [0.1, 0.15) is 0 Å². The Labute approximate surface area is 150 Å². The van der Waals surface area contributed by atoms with Crippen LogP contribution in [0.4, 0.5) is 0 Å². The Bertz CT molecular complexity index is 880. The number of rotatable bonds is 4. The Balaban J connectivity index is 1.75. The van der Waals surface area contributed by atoms with E-state index in [1.165, 1.54) is 12.2 Å². The summed E-state index contributed by atoms with van der Waals surface area (Å²) in [6.45, 7) is 3.55. The number of nitrogens with zero attached hydrogens (tertiary/aromatic N) is 1. The maximum absolute atomic E-state index is 12.6. The molecule has 1 N–H and O–H groups in total. The fraction of sp³-hybridized carbons (Fsp3) is 0.316. The standard InChI is InChI=1S/C19H19NO6/c1-12-6-4-5-7-14(12)19(17(21)23-3)20(26-19)18(2,22)13-8-9-15-16(10-13)25-11-24-15/h4-10,22H,11H2,1-3H3. The molecule has 0 saturated carbocycles. The van der Waals surface area contributed by atoms with E-state index in [2.05, 4.69) is 0 Å². The SMILES string of the molecule is COC(=O)C1(c2ccccc2C)ON1C(C)(O)c1ccc2c(c1)OCO2. The average molecular weight is 357 g/mol. The van der Waals surface area contributed by atoms with Gasteiger partial charge in [-0.05, 0) is 31.5 Å². The topological polar surface area (TPSA) is 80.5 Å². The number of hydroxylamine groups is 2. The van der Waals surface area contributed by atoms with Crippen LogP contribution in [0, 0.1) is 6.92 Å².